The summed E-state index contributed by atoms with van der Waals surface area (Å²) in [4.78, 5) is 0. The van der Waals surface area contributed by atoms with Gasteiger partial charge in [-0.1, -0.05) is 255 Å². The van der Waals surface area contributed by atoms with Crippen LogP contribution in [-0.2, 0) is 0 Å². The Labute approximate surface area is 400 Å². The summed E-state index contributed by atoms with van der Waals surface area (Å²) in [5.41, 5.74) is 7.33. The molecule has 0 amide bonds. The monoisotopic (exact) mass is 1010 g/mol. The van der Waals surface area contributed by atoms with E-state index >= 15 is 0 Å². The highest BCUT2D eigenvalue weighted by Crippen LogP contribution is 2.42. The normalized spacial score (nSPS) is 15.4. The Hall–Kier alpha value is 1.41. The minimum atomic E-state index is -1.78. The molecule has 0 aliphatic carbocycles. The Balaban J connectivity index is 3.52. The topological polar surface area (TPSA) is 0 Å². The molecule has 0 aliphatic rings. The van der Waals surface area contributed by atoms with Gasteiger partial charge in [0, 0.05) is 64.6 Å². The molecule has 2 aromatic rings. The molecular formula is C48H100Al2Si10. The van der Waals surface area contributed by atoms with Gasteiger partial charge in [0.15, 0.2) is 0 Å². The summed E-state index contributed by atoms with van der Waals surface area (Å²) < 4.78 is 7.92. The molecule has 0 saturated heterocycles. The van der Waals surface area contributed by atoms with Gasteiger partial charge in [0.05, 0.1) is 16.1 Å². The van der Waals surface area contributed by atoms with Gasteiger partial charge in [-0.05, 0) is 20.7 Å². The third-order valence-corrected chi connectivity index (χ3v) is 64.2. The largest absolute Gasteiger partial charge is 0.283 e. The minimum absolute atomic E-state index is 0.0196. The van der Waals surface area contributed by atoms with Gasteiger partial charge in [0.1, 0.15) is 0 Å². The van der Waals surface area contributed by atoms with Crippen LogP contribution in [0.3, 0.4) is 0 Å². The summed E-state index contributed by atoms with van der Waals surface area (Å²) >= 11 is 0.0392. The number of hydrogen-bond donors (Lipinski definition) is 0. The van der Waals surface area contributed by atoms with E-state index in [9.17, 15) is 0 Å². The predicted octanol–water partition coefficient (Wildman–Crippen LogP) is 15.4. The fourth-order valence-corrected chi connectivity index (χ4v) is 79.9. The Kier molecular flexibility index (Phi) is 18.4. The summed E-state index contributed by atoms with van der Waals surface area (Å²) in [6.07, 6.45) is 0. The summed E-state index contributed by atoms with van der Waals surface area (Å²) in [6.45, 7) is 81.7. The molecular weight excluding hydrogens is 911 g/mol. The fraction of sp³-hybridized carbons (Fsp3) is 0.708. The third-order valence-electron chi connectivity index (χ3n) is 13.0. The van der Waals surface area contributed by atoms with Gasteiger partial charge in [-0.25, -0.2) is 0 Å². The standard InChI is InChI=1S/2C20H41Si4.C8H18Si2.2Al/c2*1-21(2,3)19(22(4,5)6)17-14-13-15-18(16-17)20(23(7,8)9)24(10,11)12;1-9(2,3)7-8-10(4,5)6;;/h2*13-15,19-20H,1-12H3;1-6H3;;. The molecule has 0 saturated carbocycles. The Morgan fingerprint density at radius 1 is 0.283 bits per heavy atom. The molecule has 0 aliphatic heterocycles. The average molecular weight is 1010 g/mol. The first kappa shape index (κ1) is 57.5. The lowest BCUT2D eigenvalue weighted by atomic mass is 10.1. The minimum Gasteiger partial charge on any atom is -0.164 e. The highest BCUT2D eigenvalue weighted by atomic mass is 28.4. The maximum Gasteiger partial charge on any atom is 0.283 e. The van der Waals surface area contributed by atoms with Gasteiger partial charge in [0.25, 0.3) is 30.4 Å². The highest BCUT2D eigenvalue weighted by molar-refractivity contribution is 7.06. The van der Waals surface area contributed by atoms with E-state index in [4.69, 9.17) is 0 Å². The summed E-state index contributed by atoms with van der Waals surface area (Å²) in [6, 6.07) is 15.9. The van der Waals surface area contributed by atoms with Crippen molar-refractivity contribution in [2.24, 2.45) is 0 Å². The van der Waals surface area contributed by atoms with Gasteiger partial charge in [-0.2, -0.15) is 8.12 Å². The lowest BCUT2D eigenvalue weighted by Gasteiger charge is -2.45. The van der Waals surface area contributed by atoms with Gasteiger partial charge in [-0.15, -0.1) is 8.85 Å². The third kappa shape index (κ3) is 14.7. The summed E-state index contributed by atoms with van der Waals surface area (Å²) in [7, 11) is -16.0. The van der Waals surface area contributed by atoms with Crippen molar-refractivity contribution < 1.29 is 0 Å². The zero-order valence-corrected chi connectivity index (χ0v) is 58.2. The lowest BCUT2D eigenvalue weighted by molar-refractivity contribution is 1.14. The molecule has 2 radical (unpaired) electrons. The molecule has 0 bridgehead atoms. The van der Waals surface area contributed by atoms with E-state index < -0.39 is 80.7 Å². The molecule has 338 valence electrons. The molecule has 0 aromatic heterocycles. The van der Waals surface area contributed by atoms with Crippen LogP contribution in [0.2, 0.25) is 196 Å². The van der Waals surface area contributed by atoms with Gasteiger partial charge in [-0.3, -0.25) is 0 Å². The average Bonchev–Trinajstić information content (AvgIpc) is 2.89. The Bertz CT molecular complexity index is 1520. The van der Waals surface area contributed by atoms with E-state index in [-0.39, 0.29) is 30.4 Å². The van der Waals surface area contributed by atoms with Crippen molar-refractivity contribution in [1.29, 1.82) is 0 Å². The molecule has 0 N–H and O–H groups in total. The first-order chi connectivity index (χ1) is 26.2. The van der Waals surface area contributed by atoms with Crippen LogP contribution in [0.1, 0.15) is 42.9 Å². The Morgan fingerprint density at radius 3 is 0.550 bits per heavy atom. The molecule has 12 heteroatoms. The Morgan fingerprint density at radius 2 is 0.433 bits per heavy atom. The van der Waals surface area contributed by atoms with Gasteiger partial charge in [0.2, 0.25) is 0 Å². The smallest absolute Gasteiger partial charge is 0.164 e. The van der Waals surface area contributed by atoms with Gasteiger partial charge < -0.3 is 0 Å². The summed E-state index contributed by atoms with van der Waals surface area (Å²) in [5, 5.41) is 3.05. The number of rotatable bonds is 18. The molecule has 0 fully saturated rings. The first-order valence-electron chi connectivity index (χ1n) is 23.9. The molecule has 2 aromatic carbocycles. The van der Waals surface area contributed by atoms with Crippen LogP contribution < -0.4 is 8.85 Å². The van der Waals surface area contributed by atoms with Crippen molar-refractivity contribution >= 4 is 120 Å². The summed E-state index contributed by atoms with van der Waals surface area (Å²) in [5.74, 6) is 0. The van der Waals surface area contributed by atoms with E-state index in [0.29, 0.717) is 0 Å². The van der Waals surface area contributed by atoms with Crippen molar-refractivity contribution in [3.63, 3.8) is 0 Å². The zero-order chi connectivity index (χ0) is 47.6. The lowest BCUT2D eigenvalue weighted by Crippen LogP contribution is -2.54. The second kappa shape index (κ2) is 19.2. The van der Waals surface area contributed by atoms with Crippen LogP contribution >= 0.6 is 0 Å². The van der Waals surface area contributed by atoms with Crippen LogP contribution in [0.15, 0.2) is 44.5 Å². The van der Waals surface area contributed by atoms with E-state index in [1.54, 1.807) is 0 Å². The van der Waals surface area contributed by atoms with Crippen LogP contribution in [0.25, 0.3) is 0 Å². The van der Waals surface area contributed by atoms with E-state index in [0.717, 1.165) is 20.7 Å². The fourth-order valence-electron chi connectivity index (χ4n) is 13.2. The van der Waals surface area contributed by atoms with Crippen LogP contribution in [0, 0.1) is 0 Å². The molecule has 60 heavy (non-hydrogen) atoms. The van der Waals surface area contributed by atoms with Crippen LogP contribution in [-0.4, -0.2) is 111 Å². The second-order valence-electron chi connectivity index (χ2n) is 30.0. The second-order valence-corrected chi connectivity index (χ2v) is 88.9. The molecule has 0 unspecified atom stereocenters. The maximum atomic E-state index is 2.77. The molecule has 0 atom stereocenters. The maximum absolute atomic E-state index is 2.77. The first-order valence-corrected chi connectivity index (χ1v) is 61.8. The molecule has 0 heterocycles. The van der Waals surface area contributed by atoms with Crippen molar-refractivity contribution in [2.75, 3.05) is 0 Å². The highest BCUT2D eigenvalue weighted by Gasteiger charge is 2.47. The molecule has 0 spiro atoms. The van der Waals surface area contributed by atoms with E-state index in [1.807, 2.05) is 31.1 Å². The van der Waals surface area contributed by atoms with E-state index in [2.05, 4.69) is 241 Å². The van der Waals surface area contributed by atoms with Crippen molar-refractivity contribution in [3.05, 3.63) is 66.8 Å². The number of hydrogen-bond acceptors (Lipinski definition) is 0. The van der Waals surface area contributed by atoms with Crippen molar-refractivity contribution in [2.45, 2.75) is 217 Å². The predicted molar refractivity (Wildman–Crippen MR) is 315 cm³/mol. The van der Waals surface area contributed by atoms with Crippen LogP contribution in [0.5, 0.6) is 0 Å². The van der Waals surface area contributed by atoms with Crippen molar-refractivity contribution in [3.8, 4) is 0 Å². The number of benzene rings is 2. The SMILES string of the molecule is C[Si](C)(C)/[C]([Al][c]1c(C([Si](C)(C)C)[Si](C)(C)C)cccc1C([Si](C)(C)C)[Si](C)(C)C)=[C](/[Al][c]1c(C([Si](C)(C)C)[Si](C)(C)C)cccc1C([Si](C)(C)C)[Si](C)(C)C)[Si](C)(C)C. The van der Waals surface area contributed by atoms with Crippen molar-refractivity contribution in [1.82, 2.24) is 0 Å². The molecule has 2 rings (SSSR count). The molecule has 0 nitrogen and oxygen atoms in total. The van der Waals surface area contributed by atoms with E-state index in [1.165, 1.54) is 0 Å². The van der Waals surface area contributed by atoms with Crippen LogP contribution in [0.4, 0.5) is 0 Å². The quantitative estimate of drug-likeness (QED) is 0.131. The zero-order valence-electron chi connectivity index (χ0n) is 45.9. The van der Waals surface area contributed by atoms with Gasteiger partial charge >= 0.3 is 0 Å².